The molecule has 1 amide bonds. The third-order valence-electron chi connectivity index (χ3n) is 3.85. The summed E-state index contributed by atoms with van der Waals surface area (Å²) in [6.45, 7) is 3.87. The van der Waals surface area contributed by atoms with E-state index in [4.69, 9.17) is 0 Å². The number of thiophene rings is 1. The summed E-state index contributed by atoms with van der Waals surface area (Å²) in [5.41, 5.74) is 3.30. The number of carbonyl (C=O) groups excluding carboxylic acids is 1. The van der Waals surface area contributed by atoms with Crippen LogP contribution in [0.4, 0.5) is 0 Å². The van der Waals surface area contributed by atoms with Gasteiger partial charge in [0.15, 0.2) is 0 Å². The Morgan fingerprint density at radius 2 is 2.29 bits per heavy atom. The number of hydrogen-bond acceptors (Lipinski definition) is 3. The standard InChI is InChI=1S/C17H20N2OS/c1-12(10-14-5-3-9-21-14)19-17(20)16-6-2-4-13-11-18-8-7-15(13)16/h2-6,9,12,18H,7-8,10-11H2,1H3,(H,19,20). The zero-order valence-corrected chi connectivity index (χ0v) is 13.0. The minimum absolute atomic E-state index is 0.0535. The summed E-state index contributed by atoms with van der Waals surface area (Å²) in [6, 6.07) is 10.3. The largest absolute Gasteiger partial charge is 0.349 e. The first-order valence-electron chi connectivity index (χ1n) is 7.39. The number of benzene rings is 1. The number of fused-ring (bicyclic) bond motifs is 1. The van der Waals surface area contributed by atoms with Gasteiger partial charge in [-0.15, -0.1) is 11.3 Å². The highest BCUT2D eigenvalue weighted by Gasteiger charge is 2.18. The van der Waals surface area contributed by atoms with Gasteiger partial charge < -0.3 is 10.6 Å². The monoisotopic (exact) mass is 300 g/mol. The van der Waals surface area contributed by atoms with Crippen molar-refractivity contribution in [3.05, 3.63) is 57.3 Å². The first kappa shape index (κ1) is 14.3. The van der Waals surface area contributed by atoms with E-state index >= 15 is 0 Å². The minimum Gasteiger partial charge on any atom is -0.349 e. The average Bonchev–Trinajstić information content (AvgIpc) is 2.99. The molecule has 0 radical (unpaired) electrons. The second kappa shape index (κ2) is 6.41. The van der Waals surface area contributed by atoms with Crippen molar-refractivity contribution in [2.45, 2.75) is 32.4 Å². The van der Waals surface area contributed by atoms with E-state index in [2.05, 4.69) is 41.1 Å². The molecule has 1 aliphatic heterocycles. The fourth-order valence-corrected chi connectivity index (χ4v) is 3.66. The van der Waals surface area contributed by atoms with Crippen LogP contribution in [0.2, 0.25) is 0 Å². The van der Waals surface area contributed by atoms with E-state index < -0.39 is 0 Å². The Morgan fingerprint density at radius 3 is 3.10 bits per heavy atom. The van der Waals surface area contributed by atoms with E-state index in [0.717, 1.165) is 31.5 Å². The first-order valence-corrected chi connectivity index (χ1v) is 8.27. The molecule has 1 aromatic heterocycles. The predicted molar refractivity (Wildman–Crippen MR) is 86.8 cm³/mol. The lowest BCUT2D eigenvalue weighted by Gasteiger charge is -2.21. The zero-order valence-electron chi connectivity index (χ0n) is 12.2. The third-order valence-corrected chi connectivity index (χ3v) is 4.75. The van der Waals surface area contributed by atoms with Crippen LogP contribution in [-0.4, -0.2) is 18.5 Å². The molecular weight excluding hydrogens is 280 g/mol. The van der Waals surface area contributed by atoms with Gasteiger partial charge in [-0.2, -0.15) is 0 Å². The summed E-state index contributed by atoms with van der Waals surface area (Å²) in [5.74, 6) is 0.0535. The molecule has 21 heavy (non-hydrogen) atoms. The molecule has 1 aromatic carbocycles. The highest BCUT2D eigenvalue weighted by molar-refractivity contribution is 7.09. The number of amides is 1. The van der Waals surface area contributed by atoms with E-state index in [9.17, 15) is 4.79 Å². The molecule has 0 bridgehead atoms. The average molecular weight is 300 g/mol. The van der Waals surface area contributed by atoms with Crippen LogP contribution in [0.3, 0.4) is 0 Å². The lowest BCUT2D eigenvalue weighted by atomic mass is 9.95. The fraction of sp³-hybridized carbons (Fsp3) is 0.353. The molecular formula is C17H20N2OS. The number of nitrogens with one attached hydrogen (secondary N) is 2. The number of rotatable bonds is 4. The van der Waals surface area contributed by atoms with Crippen LogP contribution in [0.5, 0.6) is 0 Å². The normalized spacial score (nSPS) is 15.3. The molecule has 110 valence electrons. The van der Waals surface area contributed by atoms with Crippen LogP contribution < -0.4 is 10.6 Å². The van der Waals surface area contributed by atoms with Gasteiger partial charge in [0.2, 0.25) is 0 Å². The van der Waals surface area contributed by atoms with Crippen LogP contribution in [0, 0.1) is 0 Å². The van der Waals surface area contributed by atoms with Crippen molar-refractivity contribution in [3.8, 4) is 0 Å². The van der Waals surface area contributed by atoms with Crippen molar-refractivity contribution in [1.29, 1.82) is 0 Å². The Labute approximate surface area is 129 Å². The van der Waals surface area contributed by atoms with Crippen LogP contribution in [-0.2, 0) is 19.4 Å². The Morgan fingerprint density at radius 1 is 1.38 bits per heavy atom. The Bertz CT molecular complexity index is 622. The lowest BCUT2D eigenvalue weighted by molar-refractivity contribution is 0.0939. The van der Waals surface area contributed by atoms with Gasteiger partial charge in [0.1, 0.15) is 0 Å². The highest BCUT2D eigenvalue weighted by Crippen LogP contribution is 2.19. The van der Waals surface area contributed by atoms with Gasteiger partial charge in [-0.3, -0.25) is 4.79 Å². The summed E-state index contributed by atoms with van der Waals surface area (Å²) in [7, 11) is 0. The van der Waals surface area contributed by atoms with Gasteiger partial charge in [0, 0.05) is 29.4 Å². The molecule has 2 aromatic rings. The maximum atomic E-state index is 12.5. The molecule has 0 saturated heterocycles. The van der Waals surface area contributed by atoms with Gasteiger partial charge in [0.25, 0.3) is 5.91 Å². The van der Waals surface area contributed by atoms with Crippen molar-refractivity contribution in [2.75, 3.05) is 6.54 Å². The molecule has 0 saturated carbocycles. The van der Waals surface area contributed by atoms with Crippen molar-refractivity contribution in [3.63, 3.8) is 0 Å². The van der Waals surface area contributed by atoms with E-state index in [1.165, 1.54) is 16.0 Å². The minimum atomic E-state index is 0.0535. The molecule has 4 heteroatoms. The predicted octanol–water partition coefficient (Wildman–Crippen LogP) is 2.75. The molecule has 3 rings (SSSR count). The summed E-state index contributed by atoms with van der Waals surface area (Å²) < 4.78 is 0. The zero-order chi connectivity index (χ0) is 14.7. The molecule has 3 nitrogen and oxygen atoms in total. The number of hydrogen-bond donors (Lipinski definition) is 2. The summed E-state index contributed by atoms with van der Waals surface area (Å²) in [6.07, 6.45) is 1.82. The fourth-order valence-electron chi connectivity index (χ4n) is 2.83. The molecule has 0 spiro atoms. The second-order valence-electron chi connectivity index (χ2n) is 5.53. The van der Waals surface area contributed by atoms with Crippen molar-refractivity contribution in [1.82, 2.24) is 10.6 Å². The topological polar surface area (TPSA) is 41.1 Å². The summed E-state index contributed by atoms with van der Waals surface area (Å²) in [5, 5.41) is 8.55. The smallest absolute Gasteiger partial charge is 0.251 e. The van der Waals surface area contributed by atoms with Gasteiger partial charge in [-0.25, -0.2) is 0 Å². The maximum Gasteiger partial charge on any atom is 0.251 e. The summed E-state index contributed by atoms with van der Waals surface area (Å²) >= 11 is 1.74. The first-order chi connectivity index (χ1) is 10.2. The van der Waals surface area contributed by atoms with E-state index in [-0.39, 0.29) is 11.9 Å². The quantitative estimate of drug-likeness (QED) is 0.911. The van der Waals surface area contributed by atoms with Crippen molar-refractivity contribution in [2.24, 2.45) is 0 Å². The molecule has 2 heterocycles. The molecule has 1 unspecified atom stereocenters. The third kappa shape index (κ3) is 3.34. The lowest BCUT2D eigenvalue weighted by Crippen LogP contribution is -2.35. The van der Waals surface area contributed by atoms with Crippen LogP contribution in [0.25, 0.3) is 0 Å². The van der Waals surface area contributed by atoms with Crippen LogP contribution >= 0.6 is 11.3 Å². The van der Waals surface area contributed by atoms with Crippen LogP contribution in [0.15, 0.2) is 35.7 Å². The van der Waals surface area contributed by atoms with Crippen LogP contribution in [0.1, 0.15) is 33.3 Å². The van der Waals surface area contributed by atoms with Gasteiger partial charge in [-0.05, 0) is 48.5 Å². The van der Waals surface area contributed by atoms with Gasteiger partial charge in [-0.1, -0.05) is 18.2 Å². The highest BCUT2D eigenvalue weighted by atomic mass is 32.1. The second-order valence-corrected chi connectivity index (χ2v) is 6.56. The Balaban J connectivity index is 1.70. The van der Waals surface area contributed by atoms with Crippen molar-refractivity contribution >= 4 is 17.2 Å². The number of carbonyl (C=O) groups is 1. The van der Waals surface area contributed by atoms with Gasteiger partial charge in [0.05, 0.1) is 0 Å². The van der Waals surface area contributed by atoms with E-state index in [1.54, 1.807) is 11.3 Å². The molecule has 1 aliphatic rings. The van der Waals surface area contributed by atoms with Gasteiger partial charge >= 0.3 is 0 Å². The Kier molecular flexibility index (Phi) is 4.36. The molecule has 0 fully saturated rings. The molecule has 1 atom stereocenters. The molecule has 0 aliphatic carbocycles. The Hall–Kier alpha value is -1.65. The molecule has 2 N–H and O–H groups in total. The van der Waals surface area contributed by atoms with Crippen molar-refractivity contribution < 1.29 is 4.79 Å². The van der Waals surface area contributed by atoms with E-state index in [1.807, 2.05) is 12.1 Å². The summed E-state index contributed by atoms with van der Waals surface area (Å²) in [4.78, 5) is 13.8. The SMILES string of the molecule is CC(Cc1cccs1)NC(=O)c1cccc2c1CCNC2. The van der Waals surface area contributed by atoms with E-state index in [0.29, 0.717) is 0 Å². The maximum absolute atomic E-state index is 12.5.